The fourth-order valence-electron chi connectivity index (χ4n) is 0.897. The molecule has 0 saturated carbocycles. The number of rotatable bonds is 2. The zero-order valence-electron chi connectivity index (χ0n) is 7.73. The molecule has 0 bridgehead atoms. The molecular formula is C10H11NO3. The van der Waals surface area contributed by atoms with Crippen molar-refractivity contribution in [3.8, 4) is 5.75 Å². The third-order valence-electron chi connectivity index (χ3n) is 1.67. The number of phenolic OH excluding ortho intramolecular Hbond substituents is 1. The van der Waals surface area contributed by atoms with E-state index in [9.17, 15) is 9.90 Å². The molecule has 1 rings (SSSR count). The number of esters is 1. The summed E-state index contributed by atoms with van der Waals surface area (Å²) >= 11 is 0. The molecule has 0 aliphatic carbocycles. The van der Waals surface area contributed by atoms with Gasteiger partial charge in [0, 0.05) is 6.08 Å². The lowest BCUT2D eigenvalue weighted by Gasteiger charge is -1.99. The van der Waals surface area contributed by atoms with E-state index in [1.54, 1.807) is 12.1 Å². The second kappa shape index (κ2) is 4.32. The van der Waals surface area contributed by atoms with Gasteiger partial charge in [-0.05, 0) is 23.8 Å². The molecule has 1 aromatic carbocycles. The number of phenols is 1. The number of carbonyl (C=O) groups is 1. The summed E-state index contributed by atoms with van der Waals surface area (Å²) in [5.41, 5.74) is 6.39. The first-order chi connectivity index (χ1) is 6.63. The molecule has 0 unspecified atom stereocenters. The van der Waals surface area contributed by atoms with Crippen LogP contribution >= 0.6 is 0 Å². The maximum atomic E-state index is 10.7. The van der Waals surface area contributed by atoms with Crippen LogP contribution in [0.1, 0.15) is 5.56 Å². The summed E-state index contributed by atoms with van der Waals surface area (Å²) in [5, 5.41) is 9.25. The first kappa shape index (κ1) is 10.1. The minimum Gasteiger partial charge on any atom is -0.506 e. The van der Waals surface area contributed by atoms with Crippen molar-refractivity contribution in [2.75, 3.05) is 12.8 Å². The third-order valence-corrected chi connectivity index (χ3v) is 1.67. The van der Waals surface area contributed by atoms with Crippen molar-refractivity contribution in [1.82, 2.24) is 0 Å². The molecule has 0 heterocycles. The molecule has 0 aliphatic heterocycles. The molecule has 0 aromatic heterocycles. The van der Waals surface area contributed by atoms with Crippen molar-refractivity contribution >= 4 is 17.7 Å². The quantitative estimate of drug-likeness (QED) is 0.320. The van der Waals surface area contributed by atoms with E-state index in [-0.39, 0.29) is 5.75 Å². The molecular weight excluding hydrogens is 182 g/mol. The lowest BCUT2D eigenvalue weighted by atomic mass is 10.2. The lowest BCUT2D eigenvalue weighted by molar-refractivity contribution is -0.134. The number of methoxy groups -OCH3 is 1. The Hall–Kier alpha value is -1.97. The number of carbonyl (C=O) groups excluding carboxylic acids is 1. The SMILES string of the molecule is COC(=O)C=Cc1ccc(N)c(O)c1. The number of benzene rings is 1. The number of hydrogen-bond acceptors (Lipinski definition) is 4. The molecule has 74 valence electrons. The van der Waals surface area contributed by atoms with Gasteiger partial charge < -0.3 is 15.6 Å². The highest BCUT2D eigenvalue weighted by molar-refractivity contribution is 5.87. The Labute approximate surface area is 81.6 Å². The maximum Gasteiger partial charge on any atom is 0.330 e. The molecule has 1 aromatic rings. The van der Waals surface area contributed by atoms with Crippen molar-refractivity contribution in [2.45, 2.75) is 0 Å². The van der Waals surface area contributed by atoms with Gasteiger partial charge in [0.2, 0.25) is 0 Å². The number of aromatic hydroxyl groups is 1. The highest BCUT2D eigenvalue weighted by atomic mass is 16.5. The van der Waals surface area contributed by atoms with Crippen LogP contribution in [-0.4, -0.2) is 18.2 Å². The van der Waals surface area contributed by atoms with E-state index in [1.165, 1.54) is 25.3 Å². The van der Waals surface area contributed by atoms with Crippen LogP contribution in [0.25, 0.3) is 6.08 Å². The summed E-state index contributed by atoms with van der Waals surface area (Å²) in [4.78, 5) is 10.7. The number of nitrogen functional groups attached to an aromatic ring is 1. The summed E-state index contributed by atoms with van der Waals surface area (Å²) in [7, 11) is 1.30. The van der Waals surface area contributed by atoms with Crippen LogP contribution in [0.4, 0.5) is 5.69 Å². The van der Waals surface area contributed by atoms with Gasteiger partial charge in [-0.2, -0.15) is 0 Å². The zero-order valence-corrected chi connectivity index (χ0v) is 7.73. The first-order valence-corrected chi connectivity index (χ1v) is 3.98. The van der Waals surface area contributed by atoms with Crippen molar-refractivity contribution < 1.29 is 14.6 Å². The van der Waals surface area contributed by atoms with Gasteiger partial charge in [0.15, 0.2) is 0 Å². The Balaban J connectivity index is 2.83. The Morgan fingerprint density at radius 1 is 1.57 bits per heavy atom. The monoisotopic (exact) mass is 193 g/mol. The van der Waals surface area contributed by atoms with E-state index >= 15 is 0 Å². The summed E-state index contributed by atoms with van der Waals surface area (Å²) < 4.78 is 4.41. The molecule has 0 fully saturated rings. The van der Waals surface area contributed by atoms with E-state index < -0.39 is 5.97 Å². The second-order valence-corrected chi connectivity index (χ2v) is 2.67. The fourth-order valence-corrected chi connectivity index (χ4v) is 0.897. The average molecular weight is 193 g/mol. The molecule has 0 atom stereocenters. The van der Waals surface area contributed by atoms with Gasteiger partial charge in [-0.3, -0.25) is 0 Å². The topological polar surface area (TPSA) is 72.5 Å². The molecule has 0 amide bonds. The van der Waals surface area contributed by atoms with Crippen LogP contribution in [-0.2, 0) is 9.53 Å². The zero-order chi connectivity index (χ0) is 10.6. The van der Waals surface area contributed by atoms with Gasteiger partial charge in [-0.25, -0.2) is 4.79 Å². The van der Waals surface area contributed by atoms with Crippen molar-refractivity contribution in [3.05, 3.63) is 29.8 Å². The molecule has 0 aliphatic rings. The molecule has 14 heavy (non-hydrogen) atoms. The Bertz CT molecular complexity index is 372. The second-order valence-electron chi connectivity index (χ2n) is 2.67. The van der Waals surface area contributed by atoms with E-state index in [2.05, 4.69) is 4.74 Å². The Morgan fingerprint density at radius 3 is 2.86 bits per heavy atom. The van der Waals surface area contributed by atoms with Crippen molar-refractivity contribution in [1.29, 1.82) is 0 Å². The van der Waals surface area contributed by atoms with Gasteiger partial charge in [0.05, 0.1) is 12.8 Å². The fraction of sp³-hybridized carbons (Fsp3) is 0.100. The average Bonchev–Trinajstić information content (AvgIpc) is 2.19. The standard InChI is InChI=1S/C10H11NO3/c1-14-10(13)5-3-7-2-4-8(11)9(12)6-7/h2-6,12H,11H2,1H3. The number of nitrogens with two attached hydrogens (primary N) is 1. The predicted octanol–water partition coefficient (Wildman–Crippen LogP) is 1.16. The highest BCUT2D eigenvalue weighted by Gasteiger charge is 1.97. The van der Waals surface area contributed by atoms with Crippen molar-refractivity contribution in [3.63, 3.8) is 0 Å². The van der Waals surface area contributed by atoms with Crippen LogP contribution in [0.5, 0.6) is 5.75 Å². The molecule has 0 spiro atoms. The molecule has 4 nitrogen and oxygen atoms in total. The highest BCUT2D eigenvalue weighted by Crippen LogP contribution is 2.21. The van der Waals surface area contributed by atoms with Gasteiger partial charge in [-0.15, -0.1) is 0 Å². The van der Waals surface area contributed by atoms with E-state index in [1.807, 2.05) is 0 Å². The van der Waals surface area contributed by atoms with E-state index in [4.69, 9.17) is 5.73 Å². The lowest BCUT2D eigenvalue weighted by Crippen LogP contribution is -1.93. The first-order valence-electron chi connectivity index (χ1n) is 3.98. The minimum absolute atomic E-state index is 0.00276. The molecule has 3 N–H and O–H groups in total. The van der Waals surface area contributed by atoms with Crippen molar-refractivity contribution in [2.24, 2.45) is 0 Å². The maximum absolute atomic E-state index is 10.7. The van der Waals surface area contributed by atoms with E-state index in [0.29, 0.717) is 11.3 Å². The summed E-state index contributed by atoms with van der Waals surface area (Å²) in [6, 6.07) is 4.72. The predicted molar refractivity (Wildman–Crippen MR) is 53.6 cm³/mol. The number of anilines is 1. The van der Waals surface area contributed by atoms with Crippen LogP contribution in [0.15, 0.2) is 24.3 Å². The Morgan fingerprint density at radius 2 is 2.29 bits per heavy atom. The molecule has 4 heteroatoms. The Kier molecular flexibility index (Phi) is 3.12. The molecule has 0 radical (unpaired) electrons. The largest absolute Gasteiger partial charge is 0.506 e. The van der Waals surface area contributed by atoms with Gasteiger partial charge >= 0.3 is 5.97 Å². The van der Waals surface area contributed by atoms with Crippen LogP contribution in [0.2, 0.25) is 0 Å². The minimum atomic E-state index is -0.443. The number of ether oxygens (including phenoxy) is 1. The van der Waals surface area contributed by atoms with Gasteiger partial charge in [0.25, 0.3) is 0 Å². The third kappa shape index (κ3) is 2.52. The number of hydrogen-bond donors (Lipinski definition) is 2. The van der Waals surface area contributed by atoms with Crippen LogP contribution < -0.4 is 5.73 Å². The van der Waals surface area contributed by atoms with E-state index in [0.717, 1.165) is 0 Å². The smallest absolute Gasteiger partial charge is 0.330 e. The summed E-state index contributed by atoms with van der Waals surface area (Å²) in [6.07, 6.45) is 2.80. The normalized spacial score (nSPS) is 10.4. The summed E-state index contributed by atoms with van der Waals surface area (Å²) in [5.74, 6) is -0.446. The molecule has 0 saturated heterocycles. The van der Waals surface area contributed by atoms with Gasteiger partial charge in [-0.1, -0.05) is 6.07 Å². The van der Waals surface area contributed by atoms with Gasteiger partial charge in [0.1, 0.15) is 5.75 Å². The summed E-state index contributed by atoms with van der Waals surface area (Å²) in [6.45, 7) is 0. The van der Waals surface area contributed by atoms with Crippen LogP contribution in [0.3, 0.4) is 0 Å². The van der Waals surface area contributed by atoms with Crippen LogP contribution in [0, 0.1) is 0 Å².